The van der Waals surface area contributed by atoms with Crippen molar-refractivity contribution in [3.63, 3.8) is 0 Å². The first-order chi connectivity index (χ1) is 11.9. The van der Waals surface area contributed by atoms with Crippen molar-refractivity contribution in [3.8, 4) is 0 Å². The number of Topliss-reactive ketones (excluding diaryl/α,β-unsaturated/α-hetero) is 1. The number of likely N-dealkylation sites (N-methyl/N-ethyl adjacent to an activating group) is 2. The van der Waals surface area contributed by atoms with Gasteiger partial charge in [0.15, 0.2) is 11.8 Å². The number of amides is 1. The molecule has 0 spiro atoms. The molecule has 132 valence electrons. The van der Waals surface area contributed by atoms with Crippen LogP contribution in [0.3, 0.4) is 0 Å². The number of quaternary nitrogens is 1. The number of hydrogen-bond acceptors (Lipinski definition) is 4. The first-order valence-corrected chi connectivity index (χ1v) is 8.35. The Bertz CT molecular complexity index is 734. The highest BCUT2D eigenvalue weighted by Gasteiger charge is 2.42. The van der Waals surface area contributed by atoms with Crippen LogP contribution in [-0.4, -0.2) is 50.1 Å². The Balaban J connectivity index is 2.38. The average Bonchev–Trinajstić information content (AvgIpc) is 2.63. The van der Waals surface area contributed by atoms with Crippen molar-refractivity contribution in [1.82, 2.24) is 9.80 Å². The second kappa shape index (κ2) is 8.36. The maximum absolute atomic E-state index is 13.2. The zero-order valence-electron chi connectivity index (χ0n) is 14.3. The summed E-state index contributed by atoms with van der Waals surface area (Å²) in [7, 11) is 3.28. The molecule has 1 amide bonds. The number of carbonyl (C=O) groups is 2. The maximum atomic E-state index is 13.2. The van der Waals surface area contributed by atoms with Crippen molar-refractivity contribution < 1.29 is 14.7 Å². The van der Waals surface area contributed by atoms with Crippen LogP contribution in [-0.2, 0) is 4.79 Å². The van der Waals surface area contributed by atoms with E-state index in [0.29, 0.717) is 16.3 Å². The Kier molecular flexibility index (Phi) is 6.45. The topological polar surface area (TPSA) is 66.4 Å². The molecule has 2 N–H and O–H groups in total. The number of nitrogens with zero attached hydrogens (tertiary/aromatic N) is 1. The molecule has 2 atom stereocenters. The zero-order valence-corrected chi connectivity index (χ0v) is 15.0. The van der Waals surface area contributed by atoms with E-state index < -0.39 is 6.04 Å². The Hall–Kier alpha value is -2.05. The lowest BCUT2D eigenvalue weighted by molar-refractivity contribution is -0.130. The third-order valence-electron chi connectivity index (χ3n) is 4.29. The van der Waals surface area contributed by atoms with Gasteiger partial charge < -0.3 is 5.11 Å². The van der Waals surface area contributed by atoms with Gasteiger partial charge in [0.05, 0.1) is 13.7 Å². The molecule has 5 nitrogen and oxygen atoms in total. The maximum Gasteiger partial charge on any atom is 0.343 e. The molecule has 25 heavy (non-hydrogen) atoms. The van der Waals surface area contributed by atoms with E-state index in [2.05, 4.69) is 5.32 Å². The molecule has 0 saturated heterocycles. The summed E-state index contributed by atoms with van der Waals surface area (Å²) in [6, 6.07) is 14.5. The van der Waals surface area contributed by atoms with Crippen molar-refractivity contribution in [1.29, 1.82) is 0 Å². The van der Waals surface area contributed by atoms with Crippen molar-refractivity contribution in [2.45, 2.75) is 6.04 Å². The summed E-state index contributed by atoms with van der Waals surface area (Å²) in [5, 5.41) is 12.8. The molecule has 2 aromatic carbocycles. The molecular formula is C19H22ClN2O3+. The van der Waals surface area contributed by atoms with Gasteiger partial charge in [-0.2, -0.15) is 0 Å². The normalized spacial score (nSPS) is 14.6. The van der Waals surface area contributed by atoms with Gasteiger partial charge in [-0.3, -0.25) is 10.1 Å². The molecule has 0 aliphatic carbocycles. The molecule has 6 heteroatoms. The van der Waals surface area contributed by atoms with E-state index in [1.165, 1.54) is 0 Å². The minimum absolute atomic E-state index is 0.176. The molecule has 0 radical (unpaired) electrons. The predicted molar refractivity (Wildman–Crippen MR) is 99.8 cm³/mol. The lowest BCUT2D eigenvalue weighted by atomic mass is 10.0. The number of nitrogens with one attached hydrogen (secondary N) is 1. The smallest absolute Gasteiger partial charge is 0.343 e. The highest BCUT2D eigenvalue weighted by molar-refractivity contribution is 6.30. The van der Waals surface area contributed by atoms with Crippen LogP contribution >= 0.6 is 11.6 Å². The first-order valence-electron chi connectivity index (χ1n) is 7.97. The molecule has 0 saturated carbocycles. The van der Waals surface area contributed by atoms with E-state index in [9.17, 15) is 14.7 Å². The van der Waals surface area contributed by atoms with E-state index in [1.807, 2.05) is 30.3 Å². The van der Waals surface area contributed by atoms with Gasteiger partial charge in [-0.1, -0.05) is 29.8 Å². The number of benzene rings is 2. The van der Waals surface area contributed by atoms with Crippen molar-refractivity contribution in [2.24, 2.45) is 0 Å². The molecule has 0 aromatic heterocycles. The van der Waals surface area contributed by atoms with Gasteiger partial charge in [-0.15, -0.1) is 0 Å². The third kappa shape index (κ3) is 4.14. The summed E-state index contributed by atoms with van der Waals surface area (Å²) < 4.78 is -0.178. The molecule has 2 unspecified atom stereocenters. The van der Waals surface area contributed by atoms with Gasteiger partial charge >= 0.3 is 5.91 Å². The van der Waals surface area contributed by atoms with Gasteiger partial charge in [0, 0.05) is 10.6 Å². The first kappa shape index (κ1) is 19.3. The highest BCUT2D eigenvalue weighted by Crippen LogP contribution is 2.23. The predicted octanol–water partition coefficient (Wildman–Crippen LogP) is 2.27. The van der Waals surface area contributed by atoms with Crippen LogP contribution in [0.15, 0.2) is 54.6 Å². The summed E-state index contributed by atoms with van der Waals surface area (Å²) in [6.07, 6.45) is 0. The molecular weight excluding hydrogens is 340 g/mol. The Morgan fingerprint density at radius 2 is 1.72 bits per heavy atom. The number of para-hydroxylation sites is 1. The summed E-state index contributed by atoms with van der Waals surface area (Å²) in [5.41, 5.74) is 1.12. The Morgan fingerprint density at radius 3 is 2.24 bits per heavy atom. The molecule has 0 fully saturated rings. The summed E-state index contributed by atoms with van der Waals surface area (Å²) in [6.45, 7) is -0.00235. The van der Waals surface area contributed by atoms with E-state index >= 15 is 0 Å². The highest BCUT2D eigenvalue weighted by atomic mass is 35.5. The molecule has 2 aromatic rings. The fourth-order valence-electron chi connectivity index (χ4n) is 2.76. The summed E-state index contributed by atoms with van der Waals surface area (Å²) in [4.78, 5) is 26.0. The largest absolute Gasteiger partial charge is 0.390 e. The average molecular weight is 362 g/mol. The molecule has 0 aliphatic rings. The number of aliphatic hydroxyl groups is 1. The van der Waals surface area contributed by atoms with Crippen molar-refractivity contribution in [3.05, 3.63) is 65.2 Å². The number of hydrogen-bond donors (Lipinski definition) is 2. The third-order valence-corrected chi connectivity index (χ3v) is 4.54. The monoisotopic (exact) mass is 361 g/mol. The number of halogens is 1. The van der Waals surface area contributed by atoms with Gasteiger partial charge in [-0.05, 0) is 43.4 Å². The van der Waals surface area contributed by atoms with Gasteiger partial charge in [0.25, 0.3) is 0 Å². The quantitative estimate of drug-likeness (QED) is 0.451. The molecule has 0 heterocycles. The van der Waals surface area contributed by atoms with Crippen LogP contribution in [0.25, 0.3) is 0 Å². The second-order valence-corrected chi connectivity index (χ2v) is 6.34. The summed E-state index contributed by atoms with van der Waals surface area (Å²) in [5.74, 6) is -0.662. The van der Waals surface area contributed by atoms with E-state index in [0.717, 1.165) is 0 Å². The minimum Gasteiger partial charge on any atom is -0.390 e. The number of ketones is 1. The lowest BCUT2D eigenvalue weighted by Crippen LogP contribution is -2.61. The molecule has 0 aliphatic heterocycles. The standard InChI is InChI=1S/C19H22ClN2O3/c1-21-17(18(24)14-8-10-15(20)11-9-14)19(25)22(2,12-13-23)16-6-4-3-5-7-16/h3-11,17,21,23H,12-13H2,1-2H3/q+1. The van der Waals surface area contributed by atoms with Crippen LogP contribution in [0.1, 0.15) is 10.4 Å². The van der Waals surface area contributed by atoms with Crippen LogP contribution in [0, 0.1) is 0 Å². The van der Waals surface area contributed by atoms with E-state index in [1.54, 1.807) is 38.4 Å². The van der Waals surface area contributed by atoms with E-state index in [4.69, 9.17) is 11.6 Å². The minimum atomic E-state index is -1.03. The van der Waals surface area contributed by atoms with Crippen LogP contribution in [0.4, 0.5) is 5.69 Å². The Labute approximate surface area is 152 Å². The second-order valence-electron chi connectivity index (χ2n) is 5.91. The van der Waals surface area contributed by atoms with Gasteiger partial charge in [0.1, 0.15) is 12.2 Å². The number of carbonyl (C=O) groups excluding carboxylic acids is 2. The van der Waals surface area contributed by atoms with Gasteiger partial charge in [-0.25, -0.2) is 9.28 Å². The SMILES string of the molecule is CNC(C(=O)c1ccc(Cl)cc1)C(=O)[N+](C)(CCO)c1ccccc1. The fraction of sp³-hybridized carbons (Fsp3) is 0.263. The Morgan fingerprint density at radius 1 is 1.12 bits per heavy atom. The van der Waals surface area contributed by atoms with E-state index in [-0.39, 0.29) is 29.3 Å². The van der Waals surface area contributed by atoms with Gasteiger partial charge in [0.2, 0.25) is 0 Å². The van der Waals surface area contributed by atoms with Crippen molar-refractivity contribution >= 4 is 29.0 Å². The fourth-order valence-corrected chi connectivity index (χ4v) is 2.88. The van der Waals surface area contributed by atoms with Crippen molar-refractivity contribution in [2.75, 3.05) is 27.2 Å². The van der Waals surface area contributed by atoms with Crippen LogP contribution in [0.5, 0.6) is 0 Å². The number of rotatable bonds is 7. The number of aliphatic hydroxyl groups excluding tert-OH is 1. The lowest BCUT2D eigenvalue weighted by Gasteiger charge is -2.33. The van der Waals surface area contributed by atoms with Crippen LogP contribution < -0.4 is 9.80 Å². The zero-order chi connectivity index (χ0) is 18.4. The summed E-state index contributed by atoms with van der Waals surface area (Å²) >= 11 is 5.86. The molecule has 2 rings (SSSR count). The van der Waals surface area contributed by atoms with Crippen LogP contribution in [0.2, 0.25) is 5.02 Å². The molecule has 0 bridgehead atoms.